The summed E-state index contributed by atoms with van der Waals surface area (Å²) < 4.78 is 1.04. The van der Waals surface area contributed by atoms with Crippen LogP contribution in [0.1, 0.15) is 12.5 Å². The number of anilines is 1. The van der Waals surface area contributed by atoms with Crippen LogP contribution < -0.4 is 11.1 Å². The van der Waals surface area contributed by atoms with Crippen LogP contribution in [0.25, 0.3) is 0 Å². The Kier molecular flexibility index (Phi) is 5.23. The molecule has 2 aromatic rings. The fraction of sp³-hybridized carbons (Fsp3) is 0.133. The molecule has 0 saturated heterocycles. The number of nitrogens with one attached hydrogen (secondary N) is 1. The number of nitrogens with two attached hydrogens (primary N) is 1. The van der Waals surface area contributed by atoms with Gasteiger partial charge in [-0.3, -0.25) is 4.79 Å². The summed E-state index contributed by atoms with van der Waals surface area (Å²) in [5, 5.41) is 2.75. The second-order valence-electron chi connectivity index (χ2n) is 4.28. The molecular weight excluding hydrogens is 336 g/mol. The molecular formula is C15H15BrN2OS. The first kappa shape index (κ1) is 15.1. The van der Waals surface area contributed by atoms with Crippen molar-refractivity contribution in [2.24, 2.45) is 5.73 Å². The monoisotopic (exact) mass is 350 g/mol. The van der Waals surface area contributed by atoms with Crippen LogP contribution >= 0.6 is 27.7 Å². The molecule has 2 rings (SSSR count). The Labute approximate surface area is 131 Å². The third kappa shape index (κ3) is 4.10. The maximum atomic E-state index is 11.0. The molecule has 0 aliphatic heterocycles. The molecule has 0 aromatic heterocycles. The van der Waals surface area contributed by atoms with Crippen LogP contribution in [-0.4, -0.2) is 5.91 Å². The van der Waals surface area contributed by atoms with E-state index in [0.29, 0.717) is 6.54 Å². The van der Waals surface area contributed by atoms with Crippen molar-refractivity contribution in [3.05, 3.63) is 52.5 Å². The molecule has 5 heteroatoms. The number of carbonyl (C=O) groups is 1. The second-order valence-corrected chi connectivity index (χ2v) is 6.25. The highest BCUT2D eigenvalue weighted by molar-refractivity contribution is 9.10. The van der Waals surface area contributed by atoms with Crippen molar-refractivity contribution in [2.45, 2.75) is 23.3 Å². The van der Waals surface area contributed by atoms with E-state index in [1.54, 1.807) is 11.8 Å². The number of benzene rings is 2. The van der Waals surface area contributed by atoms with Crippen LogP contribution in [0.4, 0.5) is 5.69 Å². The normalized spacial score (nSPS) is 10.3. The first-order valence-corrected chi connectivity index (χ1v) is 7.73. The van der Waals surface area contributed by atoms with Crippen molar-refractivity contribution in [3.63, 3.8) is 0 Å². The molecule has 0 spiro atoms. The number of hydrogen-bond acceptors (Lipinski definition) is 3. The fourth-order valence-electron chi connectivity index (χ4n) is 1.69. The molecule has 20 heavy (non-hydrogen) atoms. The third-order valence-electron chi connectivity index (χ3n) is 2.63. The highest BCUT2D eigenvalue weighted by Gasteiger charge is 2.04. The standard InChI is InChI=1S/C15H15BrN2OS/c1-10(19)18-12-3-5-13(6-4-12)20-15-7-2-11(9-17)8-14(15)16/h2-8H,9,17H2,1H3,(H,18,19). The summed E-state index contributed by atoms with van der Waals surface area (Å²) in [7, 11) is 0. The van der Waals surface area contributed by atoms with Crippen molar-refractivity contribution in [3.8, 4) is 0 Å². The Balaban J connectivity index is 2.12. The summed E-state index contributed by atoms with van der Waals surface area (Å²) in [4.78, 5) is 13.2. The lowest BCUT2D eigenvalue weighted by molar-refractivity contribution is -0.114. The lowest BCUT2D eigenvalue weighted by Crippen LogP contribution is -2.05. The quantitative estimate of drug-likeness (QED) is 0.875. The summed E-state index contributed by atoms with van der Waals surface area (Å²) >= 11 is 5.22. The summed E-state index contributed by atoms with van der Waals surface area (Å²) in [6.45, 7) is 2.04. The molecule has 0 radical (unpaired) electrons. The van der Waals surface area contributed by atoms with Gasteiger partial charge < -0.3 is 11.1 Å². The number of amides is 1. The molecule has 3 nitrogen and oxygen atoms in total. The van der Waals surface area contributed by atoms with Gasteiger partial charge in [-0.1, -0.05) is 17.8 Å². The lowest BCUT2D eigenvalue weighted by atomic mass is 10.2. The van der Waals surface area contributed by atoms with Gasteiger partial charge in [-0.25, -0.2) is 0 Å². The van der Waals surface area contributed by atoms with Gasteiger partial charge in [0.25, 0.3) is 0 Å². The largest absolute Gasteiger partial charge is 0.326 e. The van der Waals surface area contributed by atoms with E-state index >= 15 is 0 Å². The SMILES string of the molecule is CC(=O)Nc1ccc(Sc2ccc(CN)cc2Br)cc1. The predicted octanol–water partition coefficient (Wildman–Crippen LogP) is 4.02. The Bertz CT molecular complexity index is 614. The summed E-state index contributed by atoms with van der Waals surface area (Å²) in [5.74, 6) is -0.0643. The van der Waals surface area contributed by atoms with Gasteiger partial charge in [0.15, 0.2) is 0 Å². The van der Waals surface area contributed by atoms with E-state index in [1.165, 1.54) is 6.92 Å². The van der Waals surface area contributed by atoms with Gasteiger partial charge in [-0.2, -0.15) is 0 Å². The molecule has 0 heterocycles. The van der Waals surface area contributed by atoms with Crippen molar-refractivity contribution in [2.75, 3.05) is 5.32 Å². The Morgan fingerprint density at radius 1 is 1.25 bits per heavy atom. The van der Waals surface area contributed by atoms with E-state index in [4.69, 9.17) is 5.73 Å². The molecule has 0 aliphatic rings. The van der Waals surface area contributed by atoms with Crippen LogP contribution in [0, 0.1) is 0 Å². The number of rotatable bonds is 4. The zero-order valence-corrected chi connectivity index (χ0v) is 13.4. The molecule has 0 saturated carbocycles. The van der Waals surface area contributed by atoms with Crippen molar-refractivity contribution in [1.29, 1.82) is 0 Å². The minimum atomic E-state index is -0.0643. The second kappa shape index (κ2) is 6.92. The average molecular weight is 351 g/mol. The minimum Gasteiger partial charge on any atom is -0.326 e. The predicted molar refractivity (Wildman–Crippen MR) is 86.9 cm³/mol. The minimum absolute atomic E-state index is 0.0643. The summed E-state index contributed by atoms with van der Waals surface area (Å²) in [6, 6.07) is 13.9. The highest BCUT2D eigenvalue weighted by atomic mass is 79.9. The van der Waals surface area contributed by atoms with Crippen molar-refractivity contribution < 1.29 is 4.79 Å². The maximum absolute atomic E-state index is 11.0. The van der Waals surface area contributed by atoms with Gasteiger partial charge in [0.2, 0.25) is 5.91 Å². The van der Waals surface area contributed by atoms with Crippen molar-refractivity contribution >= 4 is 39.3 Å². The Hall–Kier alpha value is -1.30. The van der Waals surface area contributed by atoms with E-state index in [1.807, 2.05) is 36.4 Å². The van der Waals surface area contributed by atoms with Crippen LogP contribution in [-0.2, 0) is 11.3 Å². The van der Waals surface area contributed by atoms with Crippen LogP contribution in [0.15, 0.2) is 56.7 Å². The van der Waals surface area contributed by atoms with Crippen molar-refractivity contribution in [1.82, 2.24) is 0 Å². The maximum Gasteiger partial charge on any atom is 0.221 e. The molecule has 0 atom stereocenters. The summed E-state index contributed by atoms with van der Waals surface area (Å²) in [6.07, 6.45) is 0. The zero-order valence-electron chi connectivity index (χ0n) is 11.0. The van der Waals surface area contributed by atoms with Gasteiger partial charge in [0.1, 0.15) is 0 Å². The Morgan fingerprint density at radius 3 is 2.50 bits per heavy atom. The molecule has 0 aliphatic carbocycles. The van der Waals surface area contributed by atoms with Crippen LogP contribution in [0.3, 0.4) is 0 Å². The molecule has 3 N–H and O–H groups in total. The zero-order chi connectivity index (χ0) is 14.5. The molecule has 0 unspecified atom stereocenters. The lowest BCUT2D eigenvalue weighted by Gasteiger charge is -2.07. The fourth-order valence-corrected chi connectivity index (χ4v) is 3.18. The molecule has 104 valence electrons. The van der Waals surface area contributed by atoms with Crippen LogP contribution in [0.2, 0.25) is 0 Å². The van der Waals surface area contributed by atoms with Gasteiger partial charge in [-0.05, 0) is 57.9 Å². The molecule has 0 bridgehead atoms. The summed E-state index contributed by atoms with van der Waals surface area (Å²) in [5.41, 5.74) is 7.52. The highest BCUT2D eigenvalue weighted by Crippen LogP contribution is 2.34. The smallest absolute Gasteiger partial charge is 0.221 e. The Morgan fingerprint density at radius 2 is 1.95 bits per heavy atom. The first-order chi connectivity index (χ1) is 9.58. The van der Waals surface area contributed by atoms with Gasteiger partial charge in [0, 0.05) is 33.4 Å². The van der Waals surface area contributed by atoms with E-state index < -0.39 is 0 Å². The van der Waals surface area contributed by atoms with E-state index in [0.717, 1.165) is 25.5 Å². The molecule has 2 aromatic carbocycles. The number of carbonyl (C=O) groups excluding carboxylic acids is 1. The third-order valence-corrected chi connectivity index (χ3v) is 4.64. The van der Waals surface area contributed by atoms with Gasteiger partial charge in [-0.15, -0.1) is 0 Å². The number of halogens is 1. The average Bonchev–Trinajstić information content (AvgIpc) is 2.42. The topological polar surface area (TPSA) is 55.1 Å². The van der Waals surface area contributed by atoms with E-state index in [-0.39, 0.29) is 5.91 Å². The molecule has 0 fully saturated rings. The van der Waals surface area contributed by atoms with E-state index in [9.17, 15) is 4.79 Å². The van der Waals surface area contributed by atoms with E-state index in [2.05, 4.69) is 27.3 Å². The van der Waals surface area contributed by atoms with Gasteiger partial charge >= 0.3 is 0 Å². The van der Waals surface area contributed by atoms with Crippen LogP contribution in [0.5, 0.6) is 0 Å². The van der Waals surface area contributed by atoms with Gasteiger partial charge in [0.05, 0.1) is 0 Å². The number of hydrogen-bond donors (Lipinski definition) is 2. The first-order valence-electron chi connectivity index (χ1n) is 6.12. The molecule has 1 amide bonds.